The molecule has 2 atom stereocenters. The van der Waals surface area contributed by atoms with Crippen LogP contribution in [0.4, 0.5) is 0 Å². The van der Waals surface area contributed by atoms with Crippen LogP contribution in [0.3, 0.4) is 0 Å². The summed E-state index contributed by atoms with van der Waals surface area (Å²) in [5.74, 6) is 2.79. The van der Waals surface area contributed by atoms with E-state index in [0.29, 0.717) is 5.92 Å². The van der Waals surface area contributed by atoms with Gasteiger partial charge in [0.05, 0.1) is 5.69 Å². The third-order valence-corrected chi connectivity index (χ3v) is 3.96. The molecule has 0 unspecified atom stereocenters. The van der Waals surface area contributed by atoms with Crippen molar-refractivity contribution >= 4 is 0 Å². The van der Waals surface area contributed by atoms with Gasteiger partial charge in [0.1, 0.15) is 5.82 Å². The summed E-state index contributed by atoms with van der Waals surface area (Å²) in [4.78, 5) is 4.83. The fourth-order valence-corrected chi connectivity index (χ4v) is 2.94. The zero-order valence-corrected chi connectivity index (χ0v) is 10.1. The van der Waals surface area contributed by atoms with Crippen LogP contribution in [0.5, 0.6) is 0 Å². The maximum atomic E-state index is 4.83. The van der Waals surface area contributed by atoms with Crippen LogP contribution in [0.1, 0.15) is 43.6 Å². The van der Waals surface area contributed by atoms with Gasteiger partial charge in [0.15, 0.2) is 0 Å². The van der Waals surface area contributed by atoms with Crippen LogP contribution in [0.2, 0.25) is 0 Å². The summed E-state index contributed by atoms with van der Waals surface area (Å²) < 4.78 is 2.39. The zero-order valence-electron chi connectivity index (χ0n) is 10.1. The minimum atomic E-state index is 0.655. The van der Waals surface area contributed by atoms with Crippen LogP contribution >= 0.6 is 0 Å². The van der Waals surface area contributed by atoms with Gasteiger partial charge < -0.3 is 9.88 Å². The molecule has 0 saturated carbocycles. The van der Waals surface area contributed by atoms with Gasteiger partial charge in [-0.25, -0.2) is 4.98 Å². The van der Waals surface area contributed by atoms with Crippen molar-refractivity contribution in [1.29, 1.82) is 0 Å². The van der Waals surface area contributed by atoms with Crippen molar-refractivity contribution in [3.63, 3.8) is 0 Å². The van der Waals surface area contributed by atoms with E-state index in [1.165, 1.54) is 50.3 Å². The molecule has 0 aliphatic carbocycles. The SMILES string of the molecule is C[C@@H]1CCc2nc([C@@H]3CCCNC3)cn2C1. The van der Waals surface area contributed by atoms with Crippen molar-refractivity contribution in [3.8, 4) is 0 Å². The van der Waals surface area contributed by atoms with Gasteiger partial charge in [0, 0.05) is 31.6 Å². The van der Waals surface area contributed by atoms with Gasteiger partial charge in [-0.05, 0) is 31.7 Å². The summed E-state index contributed by atoms with van der Waals surface area (Å²) >= 11 is 0. The molecule has 1 saturated heterocycles. The van der Waals surface area contributed by atoms with Gasteiger partial charge in [0.25, 0.3) is 0 Å². The average molecular weight is 219 g/mol. The number of nitrogens with zero attached hydrogens (tertiary/aromatic N) is 2. The maximum Gasteiger partial charge on any atom is 0.108 e. The quantitative estimate of drug-likeness (QED) is 0.782. The van der Waals surface area contributed by atoms with Crippen molar-refractivity contribution in [3.05, 3.63) is 17.7 Å². The van der Waals surface area contributed by atoms with E-state index in [4.69, 9.17) is 4.98 Å². The third kappa shape index (κ3) is 1.88. The Hall–Kier alpha value is -0.830. The first-order valence-corrected chi connectivity index (χ1v) is 6.59. The van der Waals surface area contributed by atoms with Crippen LogP contribution < -0.4 is 5.32 Å². The lowest BCUT2D eigenvalue weighted by molar-refractivity contribution is 0.394. The maximum absolute atomic E-state index is 4.83. The van der Waals surface area contributed by atoms with Gasteiger partial charge in [-0.3, -0.25) is 0 Å². The standard InChI is InChI=1S/C13H21N3/c1-10-4-5-13-15-12(9-16(13)8-10)11-3-2-6-14-7-11/h9-11,14H,2-8H2,1H3/t10-,11-/m1/s1. The second-order valence-corrected chi connectivity index (χ2v) is 5.42. The summed E-state index contributed by atoms with van der Waals surface area (Å²) in [7, 11) is 0. The number of imidazole rings is 1. The molecule has 0 spiro atoms. The Kier molecular flexibility index (Phi) is 2.72. The Labute approximate surface area is 97.3 Å². The van der Waals surface area contributed by atoms with E-state index in [0.717, 1.165) is 12.5 Å². The third-order valence-electron chi connectivity index (χ3n) is 3.96. The van der Waals surface area contributed by atoms with Crippen LogP contribution in [0.25, 0.3) is 0 Å². The van der Waals surface area contributed by atoms with Crippen molar-refractivity contribution in [2.75, 3.05) is 13.1 Å². The highest BCUT2D eigenvalue weighted by molar-refractivity contribution is 5.12. The molecule has 0 aromatic carbocycles. The molecular formula is C13H21N3. The predicted molar refractivity (Wildman–Crippen MR) is 64.6 cm³/mol. The molecule has 3 heteroatoms. The number of piperidine rings is 1. The highest BCUT2D eigenvalue weighted by atomic mass is 15.1. The molecule has 1 aromatic rings. The van der Waals surface area contributed by atoms with Crippen molar-refractivity contribution < 1.29 is 0 Å². The lowest BCUT2D eigenvalue weighted by Gasteiger charge is -2.20. The molecule has 3 heterocycles. The van der Waals surface area contributed by atoms with Crippen LogP contribution in [0, 0.1) is 5.92 Å². The van der Waals surface area contributed by atoms with E-state index in [9.17, 15) is 0 Å². The van der Waals surface area contributed by atoms with E-state index in [1.807, 2.05) is 0 Å². The molecular weight excluding hydrogens is 198 g/mol. The van der Waals surface area contributed by atoms with E-state index >= 15 is 0 Å². The first kappa shape index (κ1) is 10.3. The molecule has 88 valence electrons. The predicted octanol–water partition coefficient (Wildman–Crippen LogP) is 1.93. The molecule has 2 aliphatic rings. The molecule has 0 bridgehead atoms. The molecule has 16 heavy (non-hydrogen) atoms. The number of rotatable bonds is 1. The minimum absolute atomic E-state index is 0.655. The Bertz CT molecular complexity index is 363. The zero-order chi connectivity index (χ0) is 11.0. The van der Waals surface area contributed by atoms with Gasteiger partial charge in [0.2, 0.25) is 0 Å². The van der Waals surface area contributed by atoms with Crippen molar-refractivity contribution in [1.82, 2.24) is 14.9 Å². The van der Waals surface area contributed by atoms with Crippen LogP contribution in [-0.2, 0) is 13.0 Å². The topological polar surface area (TPSA) is 29.9 Å². The van der Waals surface area contributed by atoms with Gasteiger partial charge >= 0.3 is 0 Å². The Morgan fingerprint density at radius 1 is 1.44 bits per heavy atom. The lowest BCUT2D eigenvalue weighted by atomic mass is 9.97. The highest BCUT2D eigenvalue weighted by Crippen LogP contribution is 2.26. The smallest absolute Gasteiger partial charge is 0.108 e. The molecule has 2 aliphatic heterocycles. The summed E-state index contributed by atoms with van der Waals surface area (Å²) in [5.41, 5.74) is 1.33. The molecule has 1 fully saturated rings. The Morgan fingerprint density at radius 3 is 3.19 bits per heavy atom. The number of hydrogen-bond donors (Lipinski definition) is 1. The molecule has 3 rings (SSSR count). The summed E-state index contributed by atoms with van der Waals surface area (Å²) in [6.07, 6.45) is 7.38. The Balaban J connectivity index is 1.80. The lowest BCUT2D eigenvalue weighted by Crippen LogP contribution is -2.28. The number of hydrogen-bond acceptors (Lipinski definition) is 2. The van der Waals surface area contributed by atoms with Gasteiger partial charge in [-0.2, -0.15) is 0 Å². The molecule has 3 nitrogen and oxygen atoms in total. The first-order valence-electron chi connectivity index (χ1n) is 6.59. The van der Waals surface area contributed by atoms with Crippen molar-refractivity contribution in [2.24, 2.45) is 5.92 Å². The van der Waals surface area contributed by atoms with Gasteiger partial charge in [-0.1, -0.05) is 6.92 Å². The fraction of sp³-hybridized carbons (Fsp3) is 0.769. The van der Waals surface area contributed by atoms with E-state index in [1.54, 1.807) is 0 Å². The van der Waals surface area contributed by atoms with Gasteiger partial charge in [-0.15, -0.1) is 0 Å². The second kappa shape index (κ2) is 4.21. The van der Waals surface area contributed by atoms with E-state index in [2.05, 4.69) is 23.0 Å². The summed E-state index contributed by atoms with van der Waals surface area (Å²) in [6.45, 7) is 5.81. The molecule has 0 amide bonds. The van der Waals surface area contributed by atoms with Crippen LogP contribution in [0.15, 0.2) is 6.20 Å². The number of aromatic nitrogens is 2. The largest absolute Gasteiger partial charge is 0.334 e. The monoisotopic (exact) mass is 219 g/mol. The Morgan fingerprint density at radius 2 is 2.38 bits per heavy atom. The number of nitrogens with one attached hydrogen (secondary N) is 1. The number of fused-ring (bicyclic) bond motifs is 1. The highest BCUT2D eigenvalue weighted by Gasteiger charge is 2.22. The molecule has 1 N–H and O–H groups in total. The molecule has 0 radical (unpaired) electrons. The normalized spacial score (nSPS) is 30.1. The van der Waals surface area contributed by atoms with Crippen molar-refractivity contribution in [2.45, 2.75) is 45.1 Å². The fourth-order valence-electron chi connectivity index (χ4n) is 2.94. The molecule has 1 aromatic heterocycles. The second-order valence-electron chi connectivity index (χ2n) is 5.42. The van der Waals surface area contributed by atoms with Crippen LogP contribution in [-0.4, -0.2) is 22.6 Å². The van der Waals surface area contributed by atoms with E-state index < -0.39 is 0 Å². The first-order chi connectivity index (χ1) is 7.83. The van der Waals surface area contributed by atoms with E-state index in [-0.39, 0.29) is 0 Å². The average Bonchev–Trinajstić information content (AvgIpc) is 2.73. The number of aryl methyl sites for hydroxylation is 1. The summed E-state index contributed by atoms with van der Waals surface area (Å²) in [6, 6.07) is 0. The summed E-state index contributed by atoms with van der Waals surface area (Å²) in [5, 5.41) is 3.47. The minimum Gasteiger partial charge on any atom is -0.334 e.